The van der Waals surface area contributed by atoms with Gasteiger partial charge in [0.05, 0.1) is 19.0 Å². The summed E-state index contributed by atoms with van der Waals surface area (Å²) in [6, 6.07) is 4.41. The van der Waals surface area contributed by atoms with Gasteiger partial charge in [0.1, 0.15) is 17.1 Å². The molecule has 0 radical (unpaired) electrons. The number of fused-ring (bicyclic) bond motifs is 1. The Kier molecular flexibility index (Phi) is 4.42. The first-order valence-electron chi connectivity index (χ1n) is 8.50. The largest absolute Gasteiger partial charge is 0.497 e. The number of hydrogen-bond donors (Lipinski definition) is 2. The summed E-state index contributed by atoms with van der Waals surface area (Å²) < 4.78 is 35.5. The van der Waals surface area contributed by atoms with E-state index in [1.165, 1.54) is 6.20 Å². The van der Waals surface area contributed by atoms with Gasteiger partial charge in [0.15, 0.2) is 17.5 Å². The summed E-state index contributed by atoms with van der Waals surface area (Å²) in [5.41, 5.74) is 1.09. The second-order valence-electron chi connectivity index (χ2n) is 6.28. The van der Waals surface area contributed by atoms with Crippen molar-refractivity contribution in [2.45, 2.75) is 18.9 Å². The molecule has 1 saturated heterocycles. The van der Waals surface area contributed by atoms with E-state index >= 15 is 0 Å². The van der Waals surface area contributed by atoms with E-state index in [1.807, 2.05) is 0 Å². The number of ether oxygens (including phenoxy) is 1. The van der Waals surface area contributed by atoms with E-state index < -0.39 is 11.6 Å². The van der Waals surface area contributed by atoms with Crippen molar-refractivity contribution in [2.24, 2.45) is 0 Å². The highest BCUT2D eigenvalue weighted by atomic mass is 19.1. The van der Waals surface area contributed by atoms with E-state index in [4.69, 9.17) is 4.74 Å². The number of piperidine rings is 1. The molecule has 0 aliphatic carbocycles. The maximum atomic E-state index is 14.4. The van der Waals surface area contributed by atoms with Gasteiger partial charge in [-0.25, -0.2) is 18.7 Å². The summed E-state index contributed by atoms with van der Waals surface area (Å²) in [5.74, 6) is -0.729. The highest BCUT2D eigenvalue weighted by Gasteiger charge is 2.20. The zero-order valence-electron chi connectivity index (χ0n) is 14.3. The summed E-state index contributed by atoms with van der Waals surface area (Å²) in [4.78, 5) is 8.48. The molecule has 3 aromatic rings. The van der Waals surface area contributed by atoms with Crippen LogP contribution in [0.3, 0.4) is 0 Å². The molecule has 26 heavy (non-hydrogen) atoms. The van der Waals surface area contributed by atoms with Crippen LogP contribution in [-0.4, -0.2) is 40.6 Å². The van der Waals surface area contributed by atoms with E-state index in [0.29, 0.717) is 17.1 Å². The van der Waals surface area contributed by atoms with E-state index in [9.17, 15) is 8.78 Å². The van der Waals surface area contributed by atoms with Crippen LogP contribution in [0.2, 0.25) is 0 Å². The number of nitrogens with zero attached hydrogens (tertiary/aromatic N) is 3. The molecule has 0 unspecified atom stereocenters. The molecule has 1 fully saturated rings. The molecule has 3 aromatic heterocycles. The quantitative estimate of drug-likeness (QED) is 0.750. The van der Waals surface area contributed by atoms with Gasteiger partial charge in [0.25, 0.3) is 0 Å². The first kappa shape index (κ1) is 16.7. The van der Waals surface area contributed by atoms with Crippen LogP contribution in [-0.2, 0) is 0 Å². The van der Waals surface area contributed by atoms with Crippen LogP contribution in [0.5, 0.6) is 5.75 Å². The van der Waals surface area contributed by atoms with Crippen LogP contribution in [0.1, 0.15) is 12.8 Å². The van der Waals surface area contributed by atoms with Gasteiger partial charge in [0.2, 0.25) is 0 Å². The van der Waals surface area contributed by atoms with Gasteiger partial charge < -0.3 is 15.4 Å². The lowest BCUT2D eigenvalue weighted by molar-refractivity contribution is 0.414. The molecule has 2 N–H and O–H groups in total. The Morgan fingerprint density at radius 3 is 2.96 bits per heavy atom. The topological polar surface area (TPSA) is 63.5 Å². The maximum Gasteiger partial charge on any atom is 0.168 e. The van der Waals surface area contributed by atoms with Gasteiger partial charge >= 0.3 is 0 Å². The molecule has 0 spiro atoms. The van der Waals surface area contributed by atoms with Crippen LogP contribution in [0, 0.1) is 11.6 Å². The van der Waals surface area contributed by atoms with Crippen molar-refractivity contribution in [2.75, 3.05) is 25.5 Å². The second-order valence-corrected chi connectivity index (χ2v) is 6.28. The highest BCUT2D eigenvalue weighted by molar-refractivity contribution is 5.63. The average molecular weight is 359 g/mol. The number of methoxy groups -OCH3 is 1. The lowest BCUT2D eigenvalue weighted by Gasteiger charge is -2.24. The fraction of sp³-hybridized carbons (Fsp3) is 0.333. The van der Waals surface area contributed by atoms with Gasteiger partial charge in [-0.1, -0.05) is 0 Å². The van der Waals surface area contributed by atoms with Crippen molar-refractivity contribution in [1.29, 1.82) is 0 Å². The second kappa shape index (κ2) is 6.87. The van der Waals surface area contributed by atoms with Crippen molar-refractivity contribution in [1.82, 2.24) is 19.7 Å². The molecule has 1 aliphatic rings. The Morgan fingerprint density at radius 2 is 2.19 bits per heavy atom. The predicted molar refractivity (Wildman–Crippen MR) is 94.4 cm³/mol. The number of hydrogen-bond acceptors (Lipinski definition) is 5. The molecule has 0 bridgehead atoms. The van der Waals surface area contributed by atoms with Gasteiger partial charge in [-0.15, -0.1) is 0 Å². The Bertz CT molecular complexity index is 937. The molecule has 1 aliphatic heterocycles. The number of aromatic nitrogens is 3. The van der Waals surface area contributed by atoms with Crippen molar-refractivity contribution in [3.05, 3.63) is 42.2 Å². The normalized spacial score (nSPS) is 17.4. The van der Waals surface area contributed by atoms with Gasteiger partial charge in [0, 0.05) is 30.9 Å². The first-order valence-corrected chi connectivity index (χ1v) is 8.50. The summed E-state index contributed by atoms with van der Waals surface area (Å²) in [7, 11) is 1.56. The molecular weight excluding hydrogens is 340 g/mol. The summed E-state index contributed by atoms with van der Waals surface area (Å²) >= 11 is 0. The van der Waals surface area contributed by atoms with Crippen LogP contribution < -0.4 is 15.4 Å². The third kappa shape index (κ3) is 3.08. The van der Waals surface area contributed by atoms with Crippen molar-refractivity contribution in [3.8, 4) is 17.1 Å². The summed E-state index contributed by atoms with van der Waals surface area (Å²) in [5, 5.41) is 6.33. The minimum atomic E-state index is -0.729. The Morgan fingerprint density at radius 1 is 1.31 bits per heavy atom. The molecule has 0 amide bonds. The van der Waals surface area contributed by atoms with E-state index in [1.54, 1.807) is 29.8 Å². The molecule has 6 nitrogen and oxygen atoms in total. The highest BCUT2D eigenvalue weighted by Crippen LogP contribution is 2.27. The van der Waals surface area contributed by atoms with Gasteiger partial charge in [-0.05, 0) is 25.5 Å². The lowest BCUT2D eigenvalue weighted by atomic mass is 10.1. The number of nitrogens with one attached hydrogen (secondary N) is 2. The molecule has 4 rings (SSSR count). The van der Waals surface area contributed by atoms with Crippen LogP contribution in [0.15, 0.2) is 30.6 Å². The minimum absolute atomic E-state index is 0.0512. The molecule has 1 atom stereocenters. The number of pyridine rings is 2. The Balaban J connectivity index is 1.73. The molecule has 136 valence electrons. The predicted octanol–water partition coefficient (Wildman–Crippen LogP) is 2.85. The molecule has 0 aromatic carbocycles. The van der Waals surface area contributed by atoms with E-state index in [-0.39, 0.29) is 17.6 Å². The molecule has 0 saturated carbocycles. The van der Waals surface area contributed by atoms with E-state index in [0.717, 1.165) is 32.0 Å². The Labute approximate surface area is 149 Å². The van der Waals surface area contributed by atoms with E-state index in [2.05, 4.69) is 20.6 Å². The molecular formula is C18H19F2N5O. The SMILES string of the molecule is COc1ccn2c(-c3nc(N[C@@H]4CCCNC4)c(F)cc3F)cnc2c1. The third-order valence-electron chi connectivity index (χ3n) is 4.53. The van der Waals surface area contributed by atoms with Crippen LogP contribution >= 0.6 is 0 Å². The average Bonchev–Trinajstić information content (AvgIpc) is 3.07. The zero-order chi connectivity index (χ0) is 18.1. The number of rotatable bonds is 4. The van der Waals surface area contributed by atoms with Gasteiger partial charge in [-0.3, -0.25) is 4.40 Å². The van der Waals surface area contributed by atoms with Crippen molar-refractivity contribution < 1.29 is 13.5 Å². The molecule has 8 heteroatoms. The fourth-order valence-electron chi connectivity index (χ4n) is 3.18. The number of halogens is 2. The summed E-state index contributed by atoms with van der Waals surface area (Å²) in [6.07, 6.45) is 5.15. The lowest BCUT2D eigenvalue weighted by Crippen LogP contribution is -2.38. The first-order chi connectivity index (χ1) is 12.7. The minimum Gasteiger partial charge on any atom is -0.497 e. The fourth-order valence-corrected chi connectivity index (χ4v) is 3.18. The van der Waals surface area contributed by atoms with Crippen molar-refractivity contribution >= 4 is 11.5 Å². The monoisotopic (exact) mass is 359 g/mol. The van der Waals surface area contributed by atoms with Gasteiger partial charge in [-0.2, -0.15) is 0 Å². The number of imidazole rings is 1. The standard InChI is InChI=1S/C18H19F2N5O/c1-26-12-4-6-25-15(10-22-16(25)7-12)17-13(19)8-14(20)18(24-17)23-11-3-2-5-21-9-11/h4,6-8,10-11,21H,2-3,5,9H2,1H3,(H,23,24)/t11-/m1/s1. The molecule has 4 heterocycles. The van der Waals surface area contributed by atoms with Crippen molar-refractivity contribution in [3.63, 3.8) is 0 Å². The smallest absolute Gasteiger partial charge is 0.168 e. The zero-order valence-corrected chi connectivity index (χ0v) is 14.3. The summed E-state index contributed by atoms with van der Waals surface area (Å²) in [6.45, 7) is 1.68. The van der Waals surface area contributed by atoms with Crippen LogP contribution in [0.25, 0.3) is 17.0 Å². The Hall–Kier alpha value is -2.74. The third-order valence-corrected chi connectivity index (χ3v) is 4.53. The number of anilines is 1. The van der Waals surface area contributed by atoms with Crippen LogP contribution in [0.4, 0.5) is 14.6 Å². The maximum absolute atomic E-state index is 14.4.